The number of nitrogens with zero attached hydrogens (tertiary/aromatic N) is 1. The van der Waals surface area contributed by atoms with Crippen LogP contribution in [0.3, 0.4) is 0 Å². The van der Waals surface area contributed by atoms with Crippen LogP contribution in [0.4, 0.5) is 0 Å². The molecule has 0 aliphatic carbocycles. The Labute approximate surface area is 104 Å². The van der Waals surface area contributed by atoms with Crippen LogP contribution in [-0.4, -0.2) is 47.7 Å². The van der Waals surface area contributed by atoms with E-state index in [2.05, 4.69) is 11.2 Å². The first-order chi connectivity index (χ1) is 7.94. The van der Waals surface area contributed by atoms with E-state index < -0.39 is 5.54 Å². The molecule has 0 spiro atoms. The van der Waals surface area contributed by atoms with E-state index >= 15 is 0 Å². The Balaban J connectivity index is 4.40. The maximum atomic E-state index is 11.8. The Kier molecular flexibility index (Phi) is 6.86. The summed E-state index contributed by atoms with van der Waals surface area (Å²) in [7, 11) is 1.80. The van der Waals surface area contributed by atoms with Gasteiger partial charge in [0.15, 0.2) is 0 Å². The van der Waals surface area contributed by atoms with Gasteiger partial charge >= 0.3 is 0 Å². The lowest BCUT2D eigenvalue weighted by Gasteiger charge is -2.29. The van der Waals surface area contributed by atoms with E-state index in [1.165, 1.54) is 0 Å². The highest BCUT2D eigenvalue weighted by Crippen LogP contribution is 2.13. The van der Waals surface area contributed by atoms with Crippen molar-refractivity contribution in [2.24, 2.45) is 0 Å². The Morgan fingerprint density at radius 3 is 2.41 bits per heavy atom. The fourth-order valence-electron chi connectivity index (χ4n) is 1.50. The lowest BCUT2D eigenvalue weighted by atomic mass is 9.94. The fraction of sp³-hybridized carbons (Fsp3) is 0.769. The fourth-order valence-corrected chi connectivity index (χ4v) is 1.50. The van der Waals surface area contributed by atoms with Crippen LogP contribution < -0.4 is 5.32 Å². The molecule has 0 heterocycles. The first-order valence-corrected chi connectivity index (χ1v) is 6.04. The maximum absolute atomic E-state index is 11.8. The van der Waals surface area contributed by atoms with Gasteiger partial charge in [0.2, 0.25) is 5.91 Å². The summed E-state index contributed by atoms with van der Waals surface area (Å²) in [5.41, 5.74) is -0.541. The second kappa shape index (κ2) is 7.31. The summed E-state index contributed by atoms with van der Waals surface area (Å²) in [6.07, 6.45) is 6.90. The van der Waals surface area contributed by atoms with E-state index in [-0.39, 0.29) is 25.1 Å². The van der Waals surface area contributed by atoms with Gasteiger partial charge in [-0.25, -0.2) is 0 Å². The number of likely N-dealkylation sites (N-methyl/N-ethyl adjacent to an activating group) is 1. The number of carbonyl (C=O) groups excluding carboxylic acids is 1. The average molecular weight is 240 g/mol. The molecular weight excluding hydrogens is 216 g/mol. The zero-order valence-corrected chi connectivity index (χ0v) is 11.3. The molecule has 0 bridgehead atoms. The second-order valence-corrected chi connectivity index (χ2v) is 4.43. The van der Waals surface area contributed by atoms with Crippen molar-refractivity contribution in [2.75, 3.05) is 20.2 Å². The van der Waals surface area contributed by atoms with E-state index in [9.17, 15) is 4.79 Å². The lowest BCUT2D eigenvalue weighted by Crippen LogP contribution is -2.50. The molecule has 0 aromatic carbocycles. The topological polar surface area (TPSA) is 52.6 Å². The maximum Gasteiger partial charge on any atom is 0.235 e. The zero-order valence-electron chi connectivity index (χ0n) is 11.3. The third-order valence-electron chi connectivity index (χ3n) is 3.27. The van der Waals surface area contributed by atoms with Gasteiger partial charge in [-0.3, -0.25) is 9.69 Å². The van der Waals surface area contributed by atoms with Crippen LogP contribution in [0.2, 0.25) is 0 Å². The molecule has 0 fully saturated rings. The summed E-state index contributed by atoms with van der Waals surface area (Å²) in [6.45, 7) is 6.06. The highest BCUT2D eigenvalue weighted by molar-refractivity contribution is 5.79. The highest BCUT2D eigenvalue weighted by Gasteiger charge is 2.25. The predicted molar refractivity (Wildman–Crippen MR) is 69.5 cm³/mol. The number of hydrogen-bond acceptors (Lipinski definition) is 3. The molecular formula is C13H24N2O2. The number of terminal acetylenes is 1. The number of aliphatic hydroxyl groups is 1. The Morgan fingerprint density at radius 2 is 2.06 bits per heavy atom. The normalized spacial score (nSPS) is 13.2. The highest BCUT2D eigenvalue weighted by atomic mass is 16.3. The van der Waals surface area contributed by atoms with Crippen molar-refractivity contribution in [1.82, 2.24) is 10.2 Å². The van der Waals surface area contributed by atoms with Crippen molar-refractivity contribution in [3.05, 3.63) is 0 Å². The van der Waals surface area contributed by atoms with E-state index in [1.54, 1.807) is 11.9 Å². The summed E-state index contributed by atoms with van der Waals surface area (Å²) >= 11 is 0. The minimum atomic E-state index is -0.541. The van der Waals surface area contributed by atoms with Gasteiger partial charge in [0, 0.05) is 6.04 Å². The largest absolute Gasteiger partial charge is 0.395 e. The van der Waals surface area contributed by atoms with Crippen molar-refractivity contribution in [2.45, 2.75) is 45.2 Å². The number of hydrogen-bond donors (Lipinski definition) is 2. The second-order valence-electron chi connectivity index (χ2n) is 4.43. The van der Waals surface area contributed by atoms with Crippen LogP contribution in [0.15, 0.2) is 0 Å². The van der Waals surface area contributed by atoms with Gasteiger partial charge < -0.3 is 10.4 Å². The minimum absolute atomic E-state index is 0.0334. The Bertz CT molecular complexity index is 280. The van der Waals surface area contributed by atoms with Gasteiger partial charge in [0.05, 0.1) is 13.2 Å². The SMILES string of the molecule is C#CC(CC)(CC)NC(=O)CN(C)C(C)CO. The number of rotatable bonds is 7. The molecule has 1 amide bonds. The van der Waals surface area contributed by atoms with Crippen molar-refractivity contribution in [3.63, 3.8) is 0 Å². The number of carbonyl (C=O) groups is 1. The summed E-state index contributed by atoms with van der Waals surface area (Å²) < 4.78 is 0. The average Bonchev–Trinajstić information content (AvgIpc) is 2.34. The zero-order chi connectivity index (χ0) is 13.5. The quantitative estimate of drug-likeness (QED) is 0.641. The molecule has 0 aromatic rings. The molecule has 2 N–H and O–H groups in total. The first kappa shape index (κ1) is 16.0. The first-order valence-electron chi connectivity index (χ1n) is 6.04. The van der Waals surface area contributed by atoms with Gasteiger partial charge in [-0.15, -0.1) is 6.42 Å². The number of aliphatic hydroxyl groups excluding tert-OH is 1. The van der Waals surface area contributed by atoms with Gasteiger partial charge in [0.1, 0.15) is 5.54 Å². The molecule has 0 aromatic heterocycles. The van der Waals surface area contributed by atoms with Crippen LogP contribution in [0.1, 0.15) is 33.6 Å². The van der Waals surface area contributed by atoms with E-state index in [0.29, 0.717) is 12.8 Å². The third kappa shape index (κ3) is 4.76. The molecule has 1 unspecified atom stereocenters. The van der Waals surface area contributed by atoms with Crippen molar-refractivity contribution < 1.29 is 9.90 Å². The molecule has 17 heavy (non-hydrogen) atoms. The summed E-state index contributed by atoms with van der Waals surface area (Å²) in [6, 6.07) is -0.0377. The molecule has 0 radical (unpaired) electrons. The van der Waals surface area contributed by atoms with Crippen LogP contribution >= 0.6 is 0 Å². The van der Waals surface area contributed by atoms with Gasteiger partial charge in [-0.2, -0.15) is 0 Å². The minimum Gasteiger partial charge on any atom is -0.395 e. The van der Waals surface area contributed by atoms with E-state index in [0.717, 1.165) is 0 Å². The molecule has 0 aliphatic heterocycles. The van der Waals surface area contributed by atoms with Crippen LogP contribution in [0.5, 0.6) is 0 Å². The molecule has 4 heteroatoms. The molecule has 98 valence electrons. The van der Waals surface area contributed by atoms with Crippen molar-refractivity contribution in [1.29, 1.82) is 0 Å². The summed E-state index contributed by atoms with van der Waals surface area (Å²) in [5.74, 6) is 2.56. The van der Waals surface area contributed by atoms with Gasteiger partial charge in [-0.1, -0.05) is 19.8 Å². The molecule has 0 aliphatic rings. The Hall–Kier alpha value is -1.05. The molecule has 0 rings (SSSR count). The molecule has 0 saturated heterocycles. The Morgan fingerprint density at radius 1 is 1.53 bits per heavy atom. The summed E-state index contributed by atoms with van der Waals surface area (Å²) in [5, 5.41) is 11.9. The lowest BCUT2D eigenvalue weighted by molar-refractivity contribution is -0.124. The standard InChI is InChI=1S/C13H24N2O2/c1-6-13(7-2,8-3)14-12(17)9-15(5)11(4)10-16/h1,11,16H,7-10H2,2-5H3,(H,14,17). The number of amides is 1. The molecule has 0 saturated carbocycles. The number of nitrogens with one attached hydrogen (secondary N) is 1. The van der Waals surface area contributed by atoms with E-state index in [1.807, 2.05) is 20.8 Å². The van der Waals surface area contributed by atoms with Crippen molar-refractivity contribution in [3.8, 4) is 12.3 Å². The summed E-state index contributed by atoms with van der Waals surface area (Å²) in [4.78, 5) is 13.6. The smallest absolute Gasteiger partial charge is 0.235 e. The van der Waals surface area contributed by atoms with E-state index in [4.69, 9.17) is 11.5 Å². The third-order valence-corrected chi connectivity index (χ3v) is 3.27. The van der Waals surface area contributed by atoms with Crippen LogP contribution in [0.25, 0.3) is 0 Å². The van der Waals surface area contributed by atoms with Gasteiger partial charge in [0.25, 0.3) is 0 Å². The molecule has 1 atom stereocenters. The van der Waals surface area contributed by atoms with Crippen LogP contribution in [-0.2, 0) is 4.79 Å². The van der Waals surface area contributed by atoms with Gasteiger partial charge in [-0.05, 0) is 26.8 Å². The van der Waals surface area contributed by atoms with Crippen molar-refractivity contribution >= 4 is 5.91 Å². The monoisotopic (exact) mass is 240 g/mol. The molecule has 4 nitrogen and oxygen atoms in total. The van der Waals surface area contributed by atoms with Crippen LogP contribution in [0, 0.1) is 12.3 Å². The predicted octanol–water partition coefficient (Wildman–Crippen LogP) is 0.607.